The van der Waals surface area contributed by atoms with Gasteiger partial charge in [-0.05, 0) is 42.2 Å². The number of benzene rings is 1. The lowest BCUT2D eigenvalue weighted by Gasteiger charge is -2.28. The maximum atomic E-state index is 11.3. The molecule has 0 saturated heterocycles. The predicted molar refractivity (Wildman–Crippen MR) is 84.1 cm³/mol. The van der Waals surface area contributed by atoms with Gasteiger partial charge in [0.25, 0.3) is 0 Å². The van der Waals surface area contributed by atoms with Crippen molar-refractivity contribution in [3.63, 3.8) is 0 Å². The van der Waals surface area contributed by atoms with Crippen molar-refractivity contribution in [3.05, 3.63) is 28.8 Å². The highest BCUT2D eigenvalue weighted by molar-refractivity contribution is 5.69. The summed E-state index contributed by atoms with van der Waals surface area (Å²) in [5.74, 6) is 0.721. The van der Waals surface area contributed by atoms with Gasteiger partial charge in [0.05, 0.1) is 13.5 Å². The Morgan fingerprint density at radius 2 is 2.00 bits per heavy atom. The first-order chi connectivity index (χ1) is 9.75. The molecule has 116 valence electrons. The summed E-state index contributed by atoms with van der Waals surface area (Å²) in [5.41, 5.74) is 3.37. The van der Waals surface area contributed by atoms with Gasteiger partial charge >= 0.3 is 5.97 Å². The van der Waals surface area contributed by atoms with Gasteiger partial charge < -0.3 is 9.84 Å². The number of aryl methyl sites for hydroxylation is 1. The van der Waals surface area contributed by atoms with E-state index < -0.39 is 5.97 Å². The van der Waals surface area contributed by atoms with Crippen molar-refractivity contribution in [2.24, 2.45) is 5.92 Å². The van der Waals surface area contributed by atoms with E-state index in [1.165, 1.54) is 0 Å². The van der Waals surface area contributed by atoms with E-state index in [1.807, 2.05) is 0 Å². The first-order valence-corrected chi connectivity index (χ1v) is 7.65. The lowest BCUT2D eigenvalue weighted by atomic mass is 9.80. The maximum absolute atomic E-state index is 11.3. The Morgan fingerprint density at radius 3 is 2.43 bits per heavy atom. The maximum Gasteiger partial charge on any atom is 0.303 e. The molecule has 1 N–H and O–H groups in total. The van der Waals surface area contributed by atoms with Crippen molar-refractivity contribution < 1.29 is 14.6 Å². The fourth-order valence-electron chi connectivity index (χ4n) is 3.16. The van der Waals surface area contributed by atoms with Gasteiger partial charge in [0.15, 0.2) is 0 Å². The van der Waals surface area contributed by atoms with E-state index in [-0.39, 0.29) is 17.8 Å². The smallest absolute Gasteiger partial charge is 0.303 e. The van der Waals surface area contributed by atoms with E-state index in [0.29, 0.717) is 5.92 Å². The summed E-state index contributed by atoms with van der Waals surface area (Å²) in [4.78, 5) is 11.3. The van der Waals surface area contributed by atoms with Gasteiger partial charge in [-0.3, -0.25) is 4.79 Å². The number of carboxylic acid groups (broad SMARTS) is 1. The van der Waals surface area contributed by atoms with Crippen LogP contribution in [-0.4, -0.2) is 18.2 Å². The molecule has 0 radical (unpaired) electrons. The third kappa shape index (κ3) is 3.39. The van der Waals surface area contributed by atoms with Crippen molar-refractivity contribution in [2.45, 2.75) is 58.3 Å². The summed E-state index contributed by atoms with van der Waals surface area (Å²) in [5, 5.41) is 9.26. The van der Waals surface area contributed by atoms with E-state index in [4.69, 9.17) is 4.74 Å². The molecule has 0 heterocycles. The number of hydrogen-bond donors (Lipinski definition) is 1. The predicted octanol–water partition coefficient (Wildman–Crippen LogP) is 4.27. The third-order valence-electron chi connectivity index (χ3n) is 4.38. The van der Waals surface area contributed by atoms with Gasteiger partial charge in [0.2, 0.25) is 0 Å². The minimum Gasteiger partial charge on any atom is -0.496 e. The SMILES string of the molecule is COc1c(C(C)(C)C)ccc(C)c1C(CC(=O)O)C1CC1. The summed E-state index contributed by atoms with van der Waals surface area (Å²) < 4.78 is 5.73. The second-order valence-corrected chi connectivity index (χ2v) is 7.17. The Kier molecular flexibility index (Phi) is 4.31. The standard InChI is InChI=1S/C18H26O3/c1-11-6-9-14(18(2,3)4)17(21-5)16(11)13(10-15(19)20)12-7-8-12/h6,9,12-13H,7-8,10H2,1-5H3,(H,19,20). The molecule has 0 spiro atoms. The highest BCUT2D eigenvalue weighted by atomic mass is 16.5. The van der Waals surface area contributed by atoms with Crippen LogP contribution in [0.25, 0.3) is 0 Å². The summed E-state index contributed by atoms with van der Waals surface area (Å²) >= 11 is 0. The lowest BCUT2D eigenvalue weighted by Crippen LogP contribution is -2.17. The van der Waals surface area contributed by atoms with E-state index in [2.05, 4.69) is 39.8 Å². The Labute approximate surface area is 127 Å². The molecule has 1 aliphatic carbocycles. The van der Waals surface area contributed by atoms with E-state index in [9.17, 15) is 9.90 Å². The molecule has 1 saturated carbocycles. The molecule has 1 fully saturated rings. The van der Waals surface area contributed by atoms with E-state index in [1.54, 1.807) is 7.11 Å². The number of hydrogen-bond acceptors (Lipinski definition) is 2. The molecule has 1 aliphatic rings. The van der Waals surface area contributed by atoms with Crippen LogP contribution in [0.1, 0.15) is 62.6 Å². The van der Waals surface area contributed by atoms with Crippen molar-refractivity contribution in [3.8, 4) is 5.75 Å². The Hall–Kier alpha value is -1.51. The molecule has 0 amide bonds. The molecule has 21 heavy (non-hydrogen) atoms. The number of aliphatic carboxylic acids is 1. The monoisotopic (exact) mass is 290 g/mol. The van der Waals surface area contributed by atoms with Crippen LogP contribution in [0.5, 0.6) is 5.75 Å². The molecular formula is C18H26O3. The van der Waals surface area contributed by atoms with Crippen LogP contribution >= 0.6 is 0 Å². The number of ether oxygens (including phenoxy) is 1. The molecule has 0 bridgehead atoms. The Morgan fingerprint density at radius 1 is 1.38 bits per heavy atom. The van der Waals surface area contributed by atoms with Gasteiger partial charge in [-0.25, -0.2) is 0 Å². The lowest BCUT2D eigenvalue weighted by molar-refractivity contribution is -0.137. The largest absolute Gasteiger partial charge is 0.496 e. The van der Waals surface area contributed by atoms with Crippen LogP contribution in [-0.2, 0) is 10.2 Å². The van der Waals surface area contributed by atoms with Gasteiger partial charge in [0.1, 0.15) is 5.75 Å². The molecular weight excluding hydrogens is 264 g/mol. The fourth-order valence-corrected chi connectivity index (χ4v) is 3.16. The van der Waals surface area contributed by atoms with E-state index >= 15 is 0 Å². The molecule has 3 heteroatoms. The van der Waals surface area contributed by atoms with E-state index in [0.717, 1.165) is 35.3 Å². The van der Waals surface area contributed by atoms with Crippen molar-refractivity contribution in [2.75, 3.05) is 7.11 Å². The number of carbonyl (C=O) groups is 1. The third-order valence-corrected chi connectivity index (χ3v) is 4.38. The minimum atomic E-state index is -0.727. The zero-order valence-electron chi connectivity index (χ0n) is 13.7. The molecule has 3 nitrogen and oxygen atoms in total. The van der Waals surface area contributed by atoms with Crippen molar-refractivity contribution in [1.82, 2.24) is 0 Å². The van der Waals surface area contributed by atoms with Gasteiger partial charge in [-0.15, -0.1) is 0 Å². The average molecular weight is 290 g/mol. The van der Waals surface area contributed by atoms with Crippen LogP contribution < -0.4 is 4.74 Å². The fraction of sp³-hybridized carbons (Fsp3) is 0.611. The minimum absolute atomic E-state index is 0.0227. The van der Waals surface area contributed by atoms with Crippen LogP contribution in [0.2, 0.25) is 0 Å². The summed E-state index contributed by atoms with van der Waals surface area (Å²) in [6.07, 6.45) is 2.44. The van der Waals surface area contributed by atoms with Crippen molar-refractivity contribution in [1.29, 1.82) is 0 Å². The molecule has 1 atom stereocenters. The Bertz CT molecular complexity index is 536. The topological polar surface area (TPSA) is 46.5 Å². The zero-order valence-corrected chi connectivity index (χ0v) is 13.7. The van der Waals surface area contributed by atoms with Gasteiger partial charge in [-0.1, -0.05) is 32.9 Å². The highest BCUT2D eigenvalue weighted by Crippen LogP contribution is 2.50. The van der Waals surface area contributed by atoms with Crippen LogP contribution in [0.4, 0.5) is 0 Å². The molecule has 0 aliphatic heterocycles. The average Bonchev–Trinajstić information content (AvgIpc) is 3.18. The molecule has 1 aromatic rings. The zero-order chi connectivity index (χ0) is 15.8. The molecule has 1 aromatic carbocycles. The highest BCUT2D eigenvalue weighted by Gasteiger charge is 2.37. The van der Waals surface area contributed by atoms with Crippen molar-refractivity contribution >= 4 is 5.97 Å². The first kappa shape index (κ1) is 15.9. The number of methoxy groups -OCH3 is 1. The second kappa shape index (κ2) is 5.70. The van der Waals surface area contributed by atoms with Gasteiger partial charge in [0, 0.05) is 11.5 Å². The Balaban J connectivity index is 2.57. The second-order valence-electron chi connectivity index (χ2n) is 7.17. The summed E-state index contributed by atoms with van der Waals surface area (Å²) in [6, 6.07) is 4.22. The number of rotatable bonds is 5. The number of carboxylic acids is 1. The van der Waals surface area contributed by atoms with Crippen LogP contribution in [0.15, 0.2) is 12.1 Å². The summed E-state index contributed by atoms with van der Waals surface area (Å²) in [7, 11) is 1.69. The van der Waals surface area contributed by atoms with Crippen LogP contribution in [0, 0.1) is 12.8 Å². The molecule has 1 unspecified atom stereocenters. The molecule has 2 rings (SSSR count). The first-order valence-electron chi connectivity index (χ1n) is 7.65. The summed E-state index contributed by atoms with van der Waals surface area (Å²) in [6.45, 7) is 8.54. The van der Waals surface area contributed by atoms with Gasteiger partial charge in [-0.2, -0.15) is 0 Å². The quantitative estimate of drug-likeness (QED) is 0.881. The van der Waals surface area contributed by atoms with Crippen LogP contribution in [0.3, 0.4) is 0 Å². The normalized spacial score (nSPS) is 16.6. The molecule has 0 aromatic heterocycles.